The average molecular weight is 437 g/mol. The molecule has 0 radical (unpaired) electrons. The second-order valence-corrected chi connectivity index (χ2v) is 8.68. The first kappa shape index (κ1) is 21.0. The number of rotatable bonds is 5. The number of halogens is 2. The first-order chi connectivity index (χ1) is 13.4. The van der Waals surface area contributed by atoms with Crippen LogP contribution >= 0.6 is 35.0 Å². The molecule has 28 heavy (non-hydrogen) atoms. The van der Waals surface area contributed by atoms with E-state index in [1.54, 1.807) is 18.2 Å². The van der Waals surface area contributed by atoms with E-state index in [-0.39, 0.29) is 18.0 Å². The molecule has 1 heterocycles. The van der Waals surface area contributed by atoms with Crippen molar-refractivity contribution in [1.82, 2.24) is 4.90 Å². The highest BCUT2D eigenvalue weighted by atomic mass is 35.5. The van der Waals surface area contributed by atoms with Crippen molar-refractivity contribution in [3.8, 4) is 0 Å². The second-order valence-electron chi connectivity index (χ2n) is 6.78. The summed E-state index contributed by atoms with van der Waals surface area (Å²) in [6.45, 7) is 5.54. The van der Waals surface area contributed by atoms with E-state index < -0.39 is 0 Å². The van der Waals surface area contributed by atoms with Crippen LogP contribution in [-0.2, 0) is 4.79 Å². The molecule has 2 aromatic rings. The number of nitrogens with zero attached hydrogens (tertiary/aromatic N) is 2. The summed E-state index contributed by atoms with van der Waals surface area (Å²) in [6.07, 6.45) is 0.836. The summed E-state index contributed by atoms with van der Waals surface area (Å²) in [5.74, 6) is 0.312. The van der Waals surface area contributed by atoms with Crippen molar-refractivity contribution < 1.29 is 9.59 Å². The Balaban J connectivity index is 1.75. The van der Waals surface area contributed by atoms with E-state index in [0.29, 0.717) is 27.9 Å². The molecule has 0 N–H and O–H groups in total. The third-order valence-corrected chi connectivity index (χ3v) is 6.78. The molecule has 0 aromatic heterocycles. The molecule has 1 aliphatic rings. The summed E-state index contributed by atoms with van der Waals surface area (Å²) in [5, 5.41) is 1.20. The lowest BCUT2D eigenvalue weighted by Gasteiger charge is -2.46. The highest BCUT2D eigenvalue weighted by molar-refractivity contribution is 8.00. The molecule has 1 amide bonds. The van der Waals surface area contributed by atoms with Gasteiger partial charge in [0.1, 0.15) is 6.29 Å². The predicted octanol–water partition coefficient (Wildman–Crippen LogP) is 5.02. The molecule has 3 rings (SSSR count). The molecule has 1 aliphatic heterocycles. The number of aldehydes is 1. The van der Waals surface area contributed by atoms with Crippen LogP contribution in [0.5, 0.6) is 0 Å². The Labute approximate surface area is 179 Å². The Morgan fingerprint density at radius 3 is 2.61 bits per heavy atom. The monoisotopic (exact) mass is 436 g/mol. The maximum absolute atomic E-state index is 13.1. The maximum atomic E-state index is 13.1. The normalized spacial score (nSPS) is 19.6. The highest BCUT2D eigenvalue weighted by Gasteiger charge is 2.34. The van der Waals surface area contributed by atoms with Gasteiger partial charge in [0, 0.05) is 46.3 Å². The van der Waals surface area contributed by atoms with Gasteiger partial charge in [0.15, 0.2) is 0 Å². The van der Waals surface area contributed by atoms with E-state index in [1.165, 1.54) is 11.8 Å². The Bertz CT molecular complexity index is 877. The van der Waals surface area contributed by atoms with Gasteiger partial charge in [-0.15, -0.1) is 11.8 Å². The molecule has 4 nitrogen and oxygen atoms in total. The van der Waals surface area contributed by atoms with Gasteiger partial charge in [-0.25, -0.2) is 0 Å². The van der Waals surface area contributed by atoms with Gasteiger partial charge in [0.25, 0.3) is 5.91 Å². The molecule has 7 heteroatoms. The van der Waals surface area contributed by atoms with Crippen LogP contribution in [0.25, 0.3) is 0 Å². The van der Waals surface area contributed by atoms with Gasteiger partial charge in [0.2, 0.25) is 0 Å². The molecule has 2 aromatic carbocycles. The zero-order valence-corrected chi connectivity index (χ0v) is 18.1. The number of hydrogen-bond acceptors (Lipinski definition) is 4. The van der Waals surface area contributed by atoms with Gasteiger partial charge in [-0.3, -0.25) is 4.79 Å². The predicted molar refractivity (Wildman–Crippen MR) is 117 cm³/mol. The average Bonchev–Trinajstić information content (AvgIpc) is 2.68. The Morgan fingerprint density at radius 1 is 1.14 bits per heavy atom. The Morgan fingerprint density at radius 2 is 1.93 bits per heavy atom. The molecule has 0 aliphatic carbocycles. The van der Waals surface area contributed by atoms with E-state index in [4.69, 9.17) is 23.2 Å². The van der Waals surface area contributed by atoms with Crippen molar-refractivity contribution in [3.63, 3.8) is 0 Å². The van der Waals surface area contributed by atoms with E-state index in [1.807, 2.05) is 29.2 Å². The summed E-state index contributed by atoms with van der Waals surface area (Å²) >= 11 is 13.8. The fourth-order valence-corrected chi connectivity index (χ4v) is 4.63. The summed E-state index contributed by atoms with van der Waals surface area (Å²) in [7, 11) is 0. The standard InChI is InChI=1S/C21H22Cl2N2O2S/c1-14-15(2)25(9-8-24(14)18-5-3-4-17(22)13-18)21(27)16-6-7-20(19(23)12-16)28-11-10-26/h3-7,10,12-15H,8-9,11H2,1-2H3/t14-,15?/m1/s1. The van der Waals surface area contributed by atoms with Gasteiger partial charge >= 0.3 is 0 Å². The lowest BCUT2D eigenvalue weighted by molar-refractivity contribution is -0.105. The van der Waals surface area contributed by atoms with Crippen LogP contribution in [0.2, 0.25) is 10.0 Å². The van der Waals surface area contributed by atoms with Crippen LogP contribution in [0.3, 0.4) is 0 Å². The third-order valence-electron chi connectivity index (χ3n) is 5.15. The molecule has 1 unspecified atom stereocenters. The molecule has 2 atom stereocenters. The molecule has 0 spiro atoms. The van der Waals surface area contributed by atoms with Crippen molar-refractivity contribution in [1.29, 1.82) is 0 Å². The number of piperazine rings is 1. The molecule has 0 saturated carbocycles. The minimum Gasteiger partial charge on any atom is -0.365 e. The number of hydrogen-bond donors (Lipinski definition) is 0. The van der Waals surface area contributed by atoms with E-state index in [2.05, 4.69) is 18.7 Å². The summed E-state index contributed by atoms with van der Waals surface area (Å²) in [6, 6.07) is 13.3. The summed E-state index contributed by atoms with van der Waals surface area (Å²) in [4.78, 5) is 28.6. The van der Waals surface area contributed by atoms with Crippen molar-refractivity contribution >= 4 is 52.8 Å². The quantitative estimate of drug-likeness (QED) is 0.486. The second kappa shape index (κ2) is 9.21. The smallest absolute Gasteiger partial charge is 0.254 e. The fourth-order valence-electron chi connectivity index (χ4n) is 3.49. The minimum atomic E-state index is -0.0288. The molecule has 1 saturated heterocycles. The lowest BCUT2D eigenvalue weighted by Crippen LogP contribution is -2.59. The van der Waals surface area contributed by atoms with E-state index >= 15 is 0 Å². The van der Waals surface area contributed by atoms with Crippen LogP contribution in [0.15, 0.2) is 47.4 Å². The molecule has 0 bridgehead atoms. The van der Waals surface area contributed by atoms with Crippen LogP contribution in [0, 0.1) is 0 Å². The number of carbonyl (C=O) groups excluding carboxylic acids is 2. The van der Waals surface area contributed by atoms with Crippen LogP contribution in [0.4, 0.5) is 5.69 Å². The first-order valence-corrected chi connectivity index (χ1v) is 10.9. The molecular weight excluding hydrogens is 415 g/mol. The lowest BCUT2D eigenvalue weighted by atomic mass is 10.0. The number of carbonyl (C=O) groups is 2. The maximum Gasteiger partial charge on any atom is 0.254 e. The fraction of sp³-hybridized carbons (Fsp3) is 0.333. The van der Waals surface area contributed by atoms with E-state index in [0.717, 1.165) is 23.4 Å². The zero-order valence-electron chi connectivity index (χ0n) is 15.8. The zero-order chi connectivity index (χ0) is 20.3. The van der Waals surface area contributed by atoms with Crippen molar-refractivity contribution in [3.05, 3.63) is 58.1 Å². The van der Waals surface area contributed by atoms with Gasteiger partial charge in [-0.1, -0.05) is 29.3 Å². The molecular formula is C21H22Cl2N2O2S. The number of anilines is 1. The Hall–Kier alpha value is -1.69. The van der Waals surface area contributed by atoms with Crippen molar-refractivity contribution in [2.45, 2.75) is 30.8 Å². The number of thioether (sulfide) groups is 1. The minimum absolute atomic E-state index is 0.0288. The highest BCUT2D eigenvalue weighted by Crippen LogP contribution is 2.30. The van der Waals surface area contributed by atoms with Crippen LogP contribution in [-0.4, -0.2) is 48.0 Å². The van der Waals surface area contributed by atoms with Gasteiger partial charge in [0.05, 0.1) is 10.8 Å². The van der Waals surface area contributed by atoms with E-state index in [9.17, 15) is 9.59 Å². The molecule has 148 valence electrons. The largest absolute Gasteiger partial charge is 0.365 e. The van der Waals surface area contributed by atoms with Crippen LogP contribution in [0.1, 0.15) is 24.2 Å². The van der Waals surface area contributed by atoms with Gasteiger partial charge in [-0.05, 0) is 50.2 Å². The summed E-state index contributed by atoms with van der Waals surface area (Å²) < 4.78 is 0. The van der Waals surface area contributed by atoms with Gasteiger partial charge < -0.3 is 14.6 Å². The molecule has 1 fully saturated rings. The SMILES string of the molecule is CC1[C@@H](C)N(c2cccc(Cl)c2)CCN1C(=O)c1ccc(SCC=O)c(Cl)c1. The first-order valence-electron chi connectivity index (χ1n) is 9.11. The van der Waals surface area contributed by atoms with Gasteiger partial charge in [-0.2, -0.15) is 0 Å². The number of benzene rings is 2. The number of amides is 1. The Kier molecular flexibility index (Phi) is 6.91. The van der Waals surface area contributed by atoms with Crippen molar-refractivity contribution in [2.75, 3.05) is 23.7 Å². The third kappa shape index (κ3) is 4.48. The topological polar surface area (TPSA) is 40.6 Å². The summed E-state index contributed by atoms with van der Waals surface area (Å²) in [5.41, 5.74) is 1.63. The van der Waals surface area contributed by atoms with Crippen molar-refractivity contribution in [2.24, 2.45) is 0 Å². The van der Waals surface area contributed by atoms with Crippen LogP contribution < -0.4 is 4.90 Å².